The molecular weight excluding hydrogens is 446 g/mol. The average Bonchev–Trinajstić information content (AvgIpc) is 2.93. The Morgan fingerprint density at radius 1 is 0.412 bits per heavy atom. The standard InChI is InChI=1S/C32H50P2/c1-5-17-29(18-6-1)33(30-19-7-2-8-20-30)25-27-15-13-14-16-28(27)26-34(31-21-9-3-10-22-31)32-23-11-4-12-24-32/h13-16,25-26,29-32H,1-12,17-24H2. The van der Waals surface area contributed by atoms with Crippen molar-refractivity contribution in [2.45, 2.75) is 151 Å². The quantitative estimate of drug-likeness (QED) is 0.344. The van der Waals surface area contributed by atoms with Crippen molar-refractivity contribution in [3.63, 3.8) is 0 Å². The number of rotatable bonds is 6. The summed E-state index contributed by atoms with van der Waals surface area (Å²) in [7, 11) is 0.0375. The minimum Gasteiger partial charge on any atom is -0.0762 e. The molecule has 0 aromatic heterocycles. The Kier molecular flexibility index (Phi) is 10.0. The summed E-state index contributed by atoms with van der Waals surface area (Å²) in [6, 6.07) is 9.67. The van der Waals surface area contributed by atoms with Crippen molar-refractivity contribution < 1.29 is 0 Å². The minimum atomic E-state index is 0.0188. The molecule has 5 rings (SSSR count). The van der Waals surface area contributed by atoms with Crippen molar-refractivity contribution in [1.29, 1.82) is 0 Å². The second-order valence-electron chi connectivity index (χ2n) is 11.9. The van der Waals surface area contributed by atoms with E-state index in [9.17, 15) is 0 Å². The molecule has 0 saturated heterocycles. The van der Waals surface area contributed by atoms with E-state index in [0.29, 0.717) is 0 Å². The molecule has 0 atom stereocenters. The highest BCUT2D eigenvalue weighted by Gasteiger charge is 2.31. The fourth-order valence-electron chi connectivity index (χ4n) is 7.60. The third-order valence-corrected chi connectivity index (χ3v) is 16.1. The molecule has 1 aromatic rings. The molecule has 0 unspecified atom stereocenters. The van der Waals surface area contributed by atoms with Crippen LogP contribution in [0.15, 0.2) is 24.3 Å². The van der Waals surface area contributed by atoms with Gasteiger partial charge in [-0.15, -0.1) is 0 Å². The first kappa shape index (κ1) is 25.5. The van der Waals surface area contributed by atoms with Crippen LogP contribution >= 0.6 is 15.8 Å². The molecule has 2 heteroatoms. The van der Waals surface area contributed by atoms with E-state index < -0.39 is 0 Å². The van der Waals surface area contributed by atoms with Gasteiger partial charge in [0.25, 0.3) is 0 Å². The molecule has 4 fully saturated rings. The smallest absolute Gasteiger partial charge is 0.0172 e. The lowest BCUT2D eigenvalue weighted by Gasteiger charge is -2.37. The van der Waals surface area contributed by atoms with Crippen LogP contribution in [0, 0.1) is 0 Å². The van der Waals surface area contributed by atoms with Gasteiger partial charge in [0.15, 0.2) is 0 Å². The van der Waals surface area contributed by atoms with E-state index in [0.717, 1.165) is 22.6 Å². The first-order chi connectivity index (χ1) is 16.9. The van der Waals surface area contributed by atoms with Crippen LogP contribution < -0.4 is 10.4 Å². The second-order valence-corrected chi connectivity index (χ2v) is 17.2. The van der Waals surface area contributed by atoms with E-state index >= 15 is 0 Å². The minimum absolute atomic E-state index is 0.0188. The van der Waals surface area contributed by atoms with Crippen LogP contribution in [0.2, 0.25) is 0 Å². The zero-order valence-electron chi connectivity index (χ0n) is 21.8. The summed E-state index contributed by atoms with van der Waals surface area (Å²) >= 11 is 0. The average molecular weight is 497 g/mol. The van der Waals surface area contributed by atoms with Crippen LogP contribution in [-0.2, 0) is 0 Å². The number of hydrogen-bond donors (Lipinski definition) is 0. The Hall–Kier alpha value is -0.180. The summed E-state index contributed by atoms with van der Waals surface area (Å²) in [5, 5.41) is 3.26. The van der Waals surface area contributed by atoms with Crippen LogP contribution in [0.1, 0.15) is 128 Å². The molecule has 0 nitrogen and oxygen atoms in total. The Bertz CT molecular complexity index is 729. The first-order valence-corrected chi connectivity index (χ1v) is 18.3. The molecule has 34 heavy (non-hydrogen) atoms. The molecule has 0 N–H and O–H groups in total. The van der Waals surface area contributed by atoms with Crippen LogP contribution in [0.3, 0.4) is 0 Å². The molecular formula is C32H50P2. The maximum Gasteiger partial charge on any atom is -0.0172 e. The maximum absolute atomic E-state index is 2.89. The van der Waals surface area contributed by atoms with Crippen molar-refractivity contribution in [1.82, 2.24) is 0 Å². The third-order valence-electron chi connectivity index (χ3n) is 9.56. The molecule has 0 aliphatic heterocycles. The molecule has 0 bridgehead atoms. The number of hydrogen-bond acceptors (Lipinski definition) is 0. The van der Waals surface area contributed by atoms with Gasteiger partial charge in [-0.3, -0.25) is 0 Å². The van der Waals surface area contributed by atoms with Crippen molar-refractivity contribution in [3.8, 4) is 0 Å². The van der Waals surface area contributed by atoms with Gasteiger partial charge >= 0.3 is 0 Å². The van der Waals surface area contributed by atoms with E-state index in [1.54, 1.807) is 10.4 Å². The predicted molar refractivity (Wildman–Crippen MR) is 156 cm³/mol. The monoisotopic (exact) mass is 496 g/mol. The maximum atomic E-state index is 2.89. The van der Waals surface area contributed by atoms with Crippen molar-refractivity contribution >= 4 is 27.5 Å². The molecule has 0 radical (unpaired) electrons. The van der Waals surface area contributed by atoms with Crippen molar-refractivity contribution in [2.75, 3.05) is 0 Å². The van der Waals surface area contributed by atoms with Gasteiger partial charge < -0.3 is 0 Å². The van der Waals surface area contributed by atoms with Crippen molar-refractivity contribution in [3.05, 3.63) is 34.7 Å². The lowest BCUT2D eigenvalue weighted by atomic mass is 9.99. The van der Waals surface area contributed by atoms with Crippen LogP contribution in [0.5, 0.6) is 0 Å². The molecule has 188 valence electrons. The van der Waals surface area contributed by atoms with Gasteiger partial charge in [0, 0.05) is 0 Å². The Labute approximate surface area is 213 Å². The van der Waals surface area contributed by atoms with E-state index in [-0.39, 0.29) is 15.8 Å². The summed E-state index contributed by atoms with van der Waals surface area (Å²) in [5.74, 6) is 5.78. The molecule has 1 aromatic carbocycles. The third kappa shape index (κ3) is 6.77. The summed E-state index contributed by atoms with van der Waals surface area (Å²) in [5.41, 5.74) is 4.05. The van der Waals surface area contributed by atoms with Gasteiger partial charge in [-0.1, -0.05) is 129 Å². The molecule has 4 aliphatic carbocycles. The fraction of sp³-hybridized carbons (Fsp3) is 0.750. The van der Waals surface area contributed by atoms with E-state index in [4.69, 9.17) is 0 Å². The highest BCUT2D eigenvalue weighted by atomic mass is 31.1. The zero-order valence-corrected chi connectivity index (χ0v) is 23.6. The van der Waals surface area contributed by atoms with Crippen LogP contribution in [0.4, 0.5) is 0 Å². The summed E-state index contributed by atoms with van der Waals surface area (Å²) in [6.07, 6.45) is 30.0. The van der Waals surface area contributed by atoms with Crippen LogP contribution in [0.25, 0.3) is 11.6 Å². The Morgan fingerprint density at radius 3 is 0.941 bits per heavy atom. The van der Waals surface area contributed by atoms with E-state index in [1.807, 2.05) is 0 Å². The molecule has 4 aliphatic rings. The predicted octanol–water partition coefficient (Wildman–Crippen LogP) is 9.46. The Morgan fingerprint density at radius 2 is 0.676 bits per heavy atom. The van der Waals surface area contributed by atoms with Gasteiger partial charge in [-0.2, -0.15) is 0 Å². The summed E-state index contributed by atoms with van der Waals surface area (Å²) < 4.78 is 0. The molecule has 0 spiro atoms. The fourth-order valence-corrected chi connectivity index (χ4v) is 14.6. The van der Waals surface area contributed by atoms with E-state index in [2.05, 4.69) is 35.9 Å². The number of benzene rings is 1. The summed E-state index contributed by atoms with van der Waals surface area (Å²) in [6.45, 7) is 0. The Balaban J connectivity index is 1.50. The summed E-state index contributed by atoms with van der Waals surface area (Å²) in [4.78, 5) is 0. The lowest BCUT2D eigenvalue weighted by Crippen LogP contribution is -2.28. The van der Waals surface area contributed by atoms with Gasteiger partial charge in [-0.25, -0.2) is 0 Å². The SMILES string of the molecule is C(=c1ccccc1=CP(C1CCCCC1)C1CCCCC1)P(C1CCCCC1)C1CCCCC1. The first-order valence-electron chi connectivity index (χ1n) is 15.2. The highest BCUT2D eigenvalue weighted by molar-refractivity contribution is 7.68. The zero-order chi connectivity index (χ0) is 23.0. The second kappa shape index (κ2) is 13.4. The normalized spacial score (nSPS) is 26.1. The highest BCUT2D eigenvalue weighted by Crippen LogP contribution is 2.58. The van der Waals surface area contributed by atoms with Crippen LogP contribution in [-0.4, -0.2) is 22.6 Å². The van der Waals surface area contributed by atoms with Gasteiger partial charge in [0.2, 0.25) is 0 Å². The van der Waals surface area contributed by atoms with Gasteiger partial charge in [0.05, 0.1) is 0 Å². The van der Waals surface area contributed by atoms with Gasteiger partial charge in [-0.05, 0) is 84.4 Å². The topological polar surface area (TPSA) is 0 Å². The molecule has 4 saturated carbocycles. The largest absolute Gasteiger partial charge is 0.0762 e. The molecule has 0 amide bonds. The van der Waals surface area contributed by atoms with E-state index in [1.165, 1.54) is 128 Å². The molecule has 0 heterocycles. The van der Waals surface area contributed by atoms with Gasteiger partial charge in [0.1, 0.15) is 0 Å². The lowest BCUT2D eigenvalue weighted by molar-refractivity contribution is 0.487. The van der Waals surface area contributed by atoms with Crippen molar-refractivity contribution in [2.24, 2.45) is 0 Å².